The number of ether oxygens (including phenoxy) is 1. The van der Waals surface area contributed by atoms with E-state index >= 15 is 0 Å². The number of hydrogen-bond donors (Lipinski definition) is 1. The van der Waals surface area contributed by atoms with E-state index in [9.17, 15) is 4.79 Å². The molecule has 1 fully saturated rings. The van der Waals surface area contributed by atoms with Crippen molar-refractivity contribution in [3.8, 4) is 0 Å². The second-order valence-electron chi connectivity index (χ2n) is 4.98. The highest BCUT2D eigenvalue weighted by molar-refractivity contribution is 5.87. The Labute approximate surface area is 113 Å². The van der Waals surface area contributed by atoms with Crippen molar-refractivity contribution < 1.29 is 14.6 Å². The van der Waals surface area contributed by atoms with Gasteiger partial charge in [-0.05, 0) is 25.5 Å². The lowest BCUT2D eigenvalue weighted by molar-refractivity contribution is -0.0595. The van der Waals surface area contributed by atoms with Crippen LogP contribution in [0.5, 0.6) is 0 Å². The maximum absolute atomic E-state index is 10.8. The summed E-state index contributed by atoms with van der Waals surface area (Å²) in [5.41, 5.74) is 1.13. The second-order valence-corrected chi connectivity index (χ2v) is 4.98. The van der Waals surface area contributed by atoms with Crippen LogP contribution >= 0.6 is 0 Å². The average molecular weight is 264 g/mol. The first-order valence-electron chi connectivity index (χ1n) is 6.64. The van der Waals surface area contributed by atoms with Gasteiger partial charge in [0.1, 0.15) is 0 Å². The predicted octanol–water partition coefficient (Wildman–Crippen LogP) is 1.78. The molecule has 0 saturated carbocycles. The van der Waals surface area contributed by atoms with E-state index < -0.39 is 5.97 Å². The fourth-order valence-corrected chi connectivity index (χ4v) is 2.34. The van der Waals surface area contributed by atoms with Crippen molar-refractivity contribution in [3.05, 3.63) is 29.6 Å². The third-order valence-electron chi connectivity index (χ3n) is 3.49. The van der Waals surface area contributed by atoms with Crippen molar-refractivity contribution in [2.24, 2.45) is 0 Å². The van der Waals surface area contributed by atoms with Gasteiger partial charge in [-0.2, -0.15) is 0 Å². The van der Waals surface area contributed by atoms with Crippen molar-refractivity contribution in [2.45, 2.75) is 39.0 Å². The molecule has 1 aliphatic heterocycles. The molecule has 1 N–H and O–H groups in total. The molecule has 0 spiro atoms. The lowest BCUT2D eigenvalue weighted by Gasteiger charge is -2.38. The van der Waals surface area contributed by atoms with Crippen LogP contribution in [0.25, 0.3) is 0 Å². The zero-order valence-electron chi connectivity index (χ0n) is 11.4. The van der Waals surface area contributed by atoms with E-state index in [0.717, 1.165) is 31.8 Å². The van der Waals surface area contributed by atoms with Gasteiger partial charge in [-0.1, -0.05) is 6.92 Å². The smallest absolute Gasteiger partial charge is 0.337 e. The van der Waals surface area contributed by atoms with Gasteiger partial charge in [-0.25, -0.2) is 4.79 Å². The first kappa shape index (κ1) is 14.0. The highest BCUT2D eigenvalue weighted by Gasteiger charge is 2.25. The molecule has 0 bridgehead atoms. The average Bonchev–Trinajstić information content (AvgIpc) is 2.39. The molecule has 104 valence electrons. The molecular formula is C14H20N2O3. The van der Waals surface area contributed by atoms with E-state index in [4.69, 9.17) is 9.84 Å². The van der Waals surface area contributed by atoms with Gasteiger partial charge in [-0.3, -0.25) is 9.88 Å². The fourth-order valence-electron chi connectivity index (χ4n) is 2.34. The summed E-state index contributed by atoms with van der Waals surface area (Å²) < 4.78 is 5.66. The van der Waals surface area contributed by atoms with E-state index in [1.54, 1.807) is 12.1 Å². The quantitative estimate of drug-likeness (QED) is 0.898. The lowest BCUT2D eigenvalue weighted by Crippen LogP contribution is -2.48. The van der Waals surface area contributed by atoms with E-state index in [1.165, 1.54) is 6.20 Å². The van der Waals surface area contributed by atoms with Crippen LogP contribution in [-0.4, -0.2) is 46.3 Å². The van der Waals surface area contributed by atoms with Crippen LogP contribution in [0.2, 0.25) is 0 Å². The van der Waals surface area contributed by atoms with Crippen molar-refractivity contribution in [1.29, 1.82) is 0 Å². The lowest BCUT2D eigenvalue weighted by atomic mass is 10.1. The Morgan fingerprint density at radius 1 is 1.58 bits per heavy atom. The standard InChI is InChI=1S/C14H20N2O3/c1-3-13-9-19-10(2)7-16(13)8-12-5-4-11(6-15-12)14(17)18/h4-6,10,13H,3,7-9H2,1-2H3,(H,17,18). The number of rotatable bonds is 4. The molecule has 2 atom stereocenters. The van der Waals surface area contributed by atoms with Crippen LogP contribution < -0.4 is 0 Å². The Kier molecular flexibility index (Phi) is 4.50. The van der Waals surface area contributed by atoms with Gasteiger partial charge >= 0.3 is 5.97 Å². The predicted molar refractivity (Wildman–Crippen MR) is 71.1 cm³/mol. The number of pyridine rings is 1. The van der Waals surface area contributed by atoms with E-state index in [1.807, 2.05) is 0 Å². The molecule has 1 aromatic heterocycles. The SMILES string of the molecule is CCC1COC(C)CN1Cc1ccc(C(=O)O)cn1. The summed E-state index contributed by atoms with van der Waals surface area (Å²) in [6.45, 7) is 6.61. The summed E-state index contributed by atoms with van der Waals surface area (Å²) >= 11 is 0. The molecule has 2 rings (SSSR count). The molecule has 1 saturated heterocycles. The van der Waals surface area contributed by atoms with Gasteiger partial charge in [0.2, 0.25) is 0 Å². The molecule has 19 heavy (non-hydrogen) atoms. The third kappa shape index (κ3) is 3.52. The molecule has 0 aliphatic carbocycles. The number of carboxylic acid groups (broad SMARTS) is 1. The number of nitrogens with zero attached hydrogens (tertiary/aromatic N) is 2. The van der Waals surface area contributed by atoms with Crippen LogP contribution in [0, 0.1) is 0 Å². The topological polar surface area (TPSA) is 62.7 Å². The highest BCUT2D eigenvalue weighted by Crippen LogP contribution is 2.17. The number of carbonyl (C=O) groups is 1. The van der Waals surface area contributed by atoms with Crippen molar-refractivity contribution in [2.75, 3.05) is 13.2 Å². The van der Waals surface area contributed by atoms with Crippen molar-refractivity contribution in [1.82, 2.24) is 9.88 Å². The summed E-state index contributed by atoms with van der Waals surface area (Å²) in [4.78, 5) is 17.4. The van der Waals surface area contributed by atoms with Crippen LogP contribution in [0.4, 0.5) is 0 Å². The van der Waals surface area contributed by atoms with Gasteiger partial charge in [0.25, 0.3) is 0 Å². The van der Waals surface area contributed by atoms with Crippen LogP contribution in [0.3, 0.4) is 0 Å². The molecule has 0 radical (unpaired) electrons. The Morgan fingerprint density at radius 3 is 2.95 bits per heavy atom. The minimum Gasteiger partial charge on any atom is -0.478 e. The van der Waals surface area contributed by atoms with Gasteiger partial charge in [-0.15, -0.1) is 0 Å². The van der Waals surface area contributed by atoms with Gasteiger partial charge in [0.05, 0.1) is 24.0 Å². The highest BCUT2D eigenvalue weighted by atomic mass is 16.5. The molecule has 2 heterocycles. The van der Waals surface area contributed by atoms with Crippen LogP contribution in [0.15, 0.2) is 18.3 Å². The number of hydrogen-bond acceptors (Lipinski definition) is 4. The Balaban J connectivity index is 2.04. The largest absolute Gasteiger partial charge is 0.478 e. The van der Waals surface area contributed by atoms with Crippen molar-refractivity contribution >= 4 is 5.97 Å². The molecule has 0 amide bonds. The minimum atomic E-state index is -0.939. The van der Waals surface area contributed by atoms with E-state index in [-0.39, 0.29) is 11.7 Å². The first-order valence-corrected chi connectivity index (χ1v) is 6.64. The summed E-state index contributed by atoms with van der Waals surface area (Å²) in [6.07, 6.45) is 2.70. The summed E-state index contributed by atoms with van der Waals surface area (Å²) in [5, 5.41) is 8.85. The number of aromatic carboxylic acids is 1. The number of aromatic nitrogens is 1. The molecule has 5 nitrogen and oxygen atoms in total. The normalized spacial score (nSPS) is 24.3. The van der Waals surface area contributed by atoms with Gasteiger partial charge in [0.15, 0.2) is 0 Å². The van der Waals surface area contributed by atoms with E-state index in [2.05, 4.69) is 23.7 Å². The molecular weight excluding hydrogens is 244 g/mol. The van der Waals surface area contributed by atoms with Crippen LogP contribution in [0.1, 0.15) is 36.3 Å². The molecule has 0 aromatic carbocycles. The van der Waals surface area contributed by atoms with Crippen LogP contribution in [-0.2, 0) is 11.3 Å². The molecule has 2 unspecified atom stereocenters. The van der Waals surface area contributed by atoms with Gasteiger partial charge in [0, 0.05) is 25.3 Å². The maximum Gasteiger partial charge on any atom is 0.337 e. The van der Waals surface area contributed by atoms with Gasteiger partial charge < -0.3 is 9.84 Å². The summed E-state index contributed by atoms with van der Waals surface area (Å²) in [7, 11) is 0. The molecule has 5 heteroatoms. The Morgan fingerprint density at radius 2 is 2.37 bits per heavy atom. The summed E-state index contributed by atoms with van der Waals surface area (Å²) in [6, 6.07) is 3.81. The number of morpholine rings is 1. The van der Waals surface area contributed by atoms with Crippen molar-refractivity contribution in [3.63, 3.8) is 0 Å². The monoisotopic (exact) mass is 264 g/mol. The van der Waals surface area contributed by atoms with E-state index in [0.29, 0.717) is 6.04 Å². The Hall–Kier alpha value is -1.46. The first-order chi connectivity index (χ1) is 9.10. The zero-order chi connectivity index (χ0) is 13.8. The molecule has 1 aromatic rings. The zero-order valence-corrected chi connectivity index (χ0v) is 11.4. The second kappa shape index (κ2) is 6.12. The number of carboxylic acids is 1. The summed E-state index contributed by atoms with van der Waals surface area (Å²) in [5.74, 6) is -0.939. The third-order valence-corrected chi connectivity index (χ3v) is 3.49. The fraction of sp³-hybridized carbons (Fsp3) is 0.571. The Bertz CT molecular complexity index is 433. The minimum absolute atomic E-state index is 0.228. The maximum atomic E-state index is 10.8. The molecule has 1 aliphatic rings.